The van der Waals surface area contributed by atoms with Crippen LogP contribution in [-0.4, -0.2) is 37.2 Å². The highest BCUT2D eigenvalue weighted by atomic mass is 16.6. The predicted octanol–water partition coefficient (Wildman–Crippen LogP) is 16.7. The van der Waals surface area contributed by atoms with Crippen LogP contribution < -0.4 is 0 Å². The van der Waals surface area contributed by atoms with Crippen molar-refractivity contribution in [3.8, 4) is 0 Å². The van der Waals surface area contributed by atoms with Crippen LogP contribution in [0.15, 0.2) is 134 Å². The average Bonchev–Trinajstić information content (AvgIpc) is 3.29. The van der Waals surface area contributed by atoms with E-state index < -0.39 is 6.10 Å². The summed E-state index contributed by atoms with van der Waals surface area (Å²) < 4.78 is 16.7. The summed E-state index contributed by atoms with van der Waals surface area (Å²) in [6.45, 7) is 6.23. The molecule has 64 heavy (non-hydrogen) atoms. The van der Waals surface area contributed by atoms with E-state index >= 15 is 0 Å². The zero-order chi connectivity index (χ0) is 46.5. The molecule has 1 atom stereocenters. The lowest BCUT2D eigenvalue weighted by Crippen LogP contribution is -2.30. The SMILES string of the molecule is CC/C=C/C=C/C=C/C=C/C=C/C=C/CCCCCC(=O)OCC(COC(=O)CCC/C=C/C=C/C=C/C=C/C=C/CC)OC(=O)CCCCCCCCCCCCCCCCCC. The third-order valence-electron chi connectivity index (χ3n) is 10.2. The first-order chi connectivity index (χ1) is 31.5. The zero-order valence-electron chi connectivity index (χ0n) is 40.7. The van der Waals surface area contributed by atoms with E-state index in [9.17, 15) is 14.4 Å². The molecular formula is C58H90O6. The van der Waals surface area contributed by atoms with Gasteiger partial charge < -0.3 is 14.2 Å². The standard InChI is InChI=1S/C58H90O6/c1-4-7-10-13-16-19-22-25-27-29-31-33-36-39-42-45-48-51-57(60)63-54-55(53-62-56(59)50-47-44-41-38-35-32-24-21-18-15-12-9-6-3)64-58(61)52-49-46-43-40-37-34-30-28-26-23-20-17-14-11-8-5-2/h7,9-10,12-13,15-16,18-19,21-22,24-25,27,29,31-33,35-36,38,41,55H,4-6,8,11,14,17,20,23,26,28,30,34,37,39-40,42-54H2,1-3H3/b10-7+,12-9+,16-13+,18-15+,22-19+,24-21+,27-25+,31-29+,35-32+,36-33+,41-38+. The number of unbranched alkanes of at least 4 members (excludes halogenated alkanes) is 19. The highest BCUT2D eigenvalue weighted by molar-refractivity contribution is 5.71. The van der Waals surface area contributed by atoms with Crippen LogP contribution in [0.4, 0.5) is 0 Å². The fourth-order valence-corrected chi connectivity index (χ4v) is 6.44. The van der Waals surface area contributed by atoms with Crippen LogP contribution in [0.25, 0.3) is 0 Å². The fraction of sp³-hybridized carbons (Fsp3) is 0.569. The maximum absolute atomic E-state index is 12.8. The Morgan fingerprint density at radius 2 is 0.625 bits per heavy atom. The molecule has 0 heterocycles. The number of rotatable bonds is 43. The van der Waals surface area contributed by atoms with E-state index in [-0.39, 0.29) is 37.5 Å². The van der Waals surface area contributed by atoms with E-state index in [1.807, 2.05) is 115 Å². The lowest BCUT2D eigenvalue weighted by Gasteiger charge is -2.18. The van der Waals surface area contributed by atoms with Gasteiger partial charge >= 0.3 is 17.9 Å². The molecule has 0 amide bonds. The van der Waals surface area contributed by atoms with Crippen LogP contribution in [0.5, 0.6) is 0 Å². The molecule has 358 valence electrons. The molecule has 0 saturated carbocycles. The average molecular weight is 883 g/mol. The summed E-state index contributed by atoms with van der Waals surface area (Å²) in [7, 11) is 0. The molecule has 0 aliphatic rings. The second kappa shape index (κ2) is 51.2. The van der Waals surface area contributed by atoms with Gasteiger partial charge in [-0.2, -0.15) is 0 Å². The normalized spacial score (nSPS) is 13.2. The van der Waals surface area contributed by atoms with Gasteiger partial charge in [0.1, 0.15) is 13.2 Å². The molecule has 0 spiro atoms. The van der Waals surface area contributed by atoms with Crippen LogP contribution in [0.3, 0.4) is 0 Å². The summed E-state index contributed by atoms with van der Waals surface area (Å²) in [5.41, 5.74) is 0. The molecule has 0 aromatic heterocycles. The Kier molecular flexibility index (Phi) is 47.6. The zero-order valence-corrected chi connectivity index (χ0v) is 40.7. The Labute approximate surface area is 392 Å². The maximum atomic E-state index is 12.8. The molecule has 1 unspecified atom stereocenters. The second-order valence-electron chi connectivity index (χ2n) is 16.2. The van der Waals surface area contributed by atoms with Gasteiger partial charge in [-0.3, -0.25) is 14.4 Å². The maximum Gasteiger partial charge on any atom is 0.306 e. The van der Waals surface area contributed by atoms with Gasteiger partial charge in [0.2, 0.25) is 0 Å². The number of carbonyl (C=O) groups excluding carboxylic acids is 3. The minimum atomic E-state index is -0.828. The summed E-state index contributed by atoms with van der Waals surface area (Å²) in [4.78, 5) is 37.9. The fourth-order valence-electron chi connectivity index (χ4n) is 6.44. The van der Waals surface area contributed by atoms with Crippen molar-refractivity contribution >= 4 is 17.9 Å². The summed E-state index contributed by atoms with van der Waals surface area (Å²) in [6.07, 6.45) is 71.5. The van der Waals surface area contributed by atoms with Gasteiger partial charge in [0, 0.05) is 19.3 Å². The Bertz CT molecular complexity index is 1430. The van der Waals surface area contributed by atoms with E-state index in [2.05, 4.69) is 39.0 Å². The molecule has 6 heteroatoms. The van der Waals surface area contributed by atoms with Gasteiger partial charge in [-0.1, -0.05) is 257 Å². The van der Waals surface area contributed by atoms with Crippen LogP contribution in [-0.2, 0) is 28.6 Å². The molecule has 0 fully saturated rings. The molecule has 0 bridgehead atoms. The first-order valence-corrected chi connectivity index (χ1v) is 25.3. The topological polar surface area (TPSA) is 78.9 Å². The number of carbonyl (C=O) groups is 3. The van der Waals surface area contributed by atoms with Gasteiger partial charge in [0.25, 0.3) is 0 Å². The number of hydrogen-bond donors (Lipinski definition) is 0. The lowest BCUT2D eigenvalue weighted by molar-refractivity contribution is -0.167. The number of allylic oxidation sites excluding steroid dienone is 22. The number of esters is 3. The second-order valence-corrected chi connectivity index (χ2v) is 16.2. The van der Waals surface area contributed by atoms with Crippen LogP contribution >= 0.6 is 0 Å². The van der Waals surface area contributed by atoms with Crippen molar-refractivity contribution in [1.82, 2.24) is 0 Å². The summed E-state index contributed by atoms with van der Waals surface area (Å²) in [6, 6.07) is 0. The van der Waals surface area contributed by atoms with E-state index in [0.717, 1.165) is 57.8 Å². The summed E-state index contributed by atoms with van der Waals surface area (Å²) in [5.74, 6) is -1.05. The minimum Gasteiger partial charge on any atom is -0.462 e. The van der Waals surface area contributed by atoms with Crippen molar-refractivity contribution in [2.75, 3.05) is 13.2 Å². The van der Waals surface area contributed by atoms with Crippen molar-refractivity contribution in [3.05, 3.63) is 134 Å². The minimum absolute atomic E-state index is 0.127. The molecule has 0 aliphatic carbocycles. The molecule has 0 aromatic carbocycles. The molecule has 6 nitrogen and oxygen atoms in total. The molecule has 0 radical (unpaired) electrons. The van der Waals surface area contributed by atoms with Crippen molar-refractivity contribution in [1.29, 1.82) is 0 Å². The molecule has 0 saturated heterocycles. The number of ether oxygens (including phenoxy) is 3. The quantitative estimate of drug-likeness (QED) is 0.0263. The van der Waals surface area contributed by atoms with Crippen molar-refractivity contribution in [2.45, 2.75) is 200 Å². The molecule has 0 aromatic rings. The highest BCUT2D eigenvalue weighted by Crippen LogP contribution is 2.15. The van der Waals surface area contributed by atoms with Crippen molar-refractivity contribution in [2.24, 2.45) is 0 Å². The van der Waals surface area contributed by atoms with E-state index in [1.165, 1.54) is 83.5 Å². The van der Waals surface area contributed by atoms with Gasteiger partial charge in [0.15, 0.2) is 6.10 Å². The smallest absolute Gasteiger partial charge is 0.306 e. The van der Waals surface area contributed by atoms with E-state index in [1.54, 1.807) is 0 Å². The van der Waals surface area contributed by atoms with Crippen LogP contribution in [0, 0.1) is 0 Å². The molecule has 0 aliphatic heterocycles. The van der Waals surface area contributed by atoms with E-state index in [0.29, 0.717) is 25.7 Å². The lowest BCUT2D eigenvalue weighted by atomic mass is 10.0. The van der Waals surface area contributed by atoms with Crippen LogP contribution in [0.1, 0.15) is 194 Å². The monoisotopic (exact) mass is 883 g/mol. The van der Waals surface area contributed by atoms with Crippen LogP contribution in [0.2, 0.25) is 0 Å². The van der Waals surface area contributed by atoms with Gasteiger partial charge in [0.05, 0.1) is 0 Å². The van der Waals surface area contributed by atoms with Crippen molar-refractivity contribution in [3.63, 3.8) is 0 Å². The van der Waals surface area contributed by atoms with Gasteiger partial charge in [-0.25, -0.2) is 0 Å². The van der Waals surface area contributed by atoms with E-state index in [4.69, 9.17) is 14.2 Å². The third-order valence-corrected chi connectivity index (χ3v) is 10.2. The molecule has 0 rings (SSSR count). The highest BCUT2D eigenvalue weighted by Gasteiger charge is 2.19. The Hall–Kier alpha value is -4.45. The van der Waals surface area contributed by atoms with Gasteiger partial charge in [-0.15, -0.1) is 0 Å². The van der Waals surface area contributed by atoms with Gasteiger partial charge in [-0.05, 0) is 51.4 Å². The largest absolute Gasteiger partial charge is 0.462 e. The molecule has 0 N–H and O–H groups in total. The molecular weight excluding hydrogens is 793 g/mol. The van der Waals surface area contributed by atoms with Crippen molar-refractivity contribution < 1.29 is 28.6 Å². The predicted molar refractivity (Wildman–Crippen MR) is 274 cm³/mol. The summed E-state index contributed by atoms with van der Waals surface area (Å²) >= 11 is 0. The number of hydrogen-bond acceptors (Lipinski definition) is 6. The first kappa shape index (κ1) is 59.6. The Balaban J connectivity index is 4.58. The summed E-state index contributed by atoms with van der Waals surface area (Å²) in [5, 5.41) is 0. The Morgan fingerprint density at radius 1 is 0.328 bits per heavy atom. The Morgan fingerprint density at radius 3 is 1.02 bits per heavy atom. The third kappa shape index (κ3) is 48.6. The first-order valence-electron chi connectivity index (χ1n) is 25.3.